The van der Waals surface area contributed by atoms with Crippen LogP contribution in [0.5, 0.6) is 0 Å². The molecule has 0 saturated carbocycles. The molecular formula is C18H27NO2. The average molecular weight is 289 g/mol. The number of aliphatic hydroxyl groups is 1. The second kappa shape index (κ2) is 7.71. The molecule has 1 N–H and O–H groups in total. The summed E-state index contributed by atoms with van der Waals surface area (Å²) in [6, 6.07) is 8.10. The van der Waals surface area contributed by atoms with Crippen molar-refractivity contribution < 1.29 is 9.90 Å². The number of benzene rings is 1. The predicted molar refractivity (Wildman–Crippen MR) is 85.8 cm³/mol. The first-order valence-corrected chi connectivity index (χ1v) is 8.10. The molecule has 3 heteroatoms. The van der Waals surface area contributed by atoms with Gasteiger partial charge in [-0.15, -0.1) is 0 Å². The molecular weight excluding hydrogens is 262 g/mol. The molecule has 0 bridgehead atoms. The molecule has 1 aromatic carbocycles. The lowest BCUT2D eigenvalue weighted by atomic mass is 10.00. The van der Waals surface area contributed by atoms with Crippen LogP contribution < -0.4 is 0 Å². The van der Waals surface area contributed by atoms with Gasteiger partial charge in [-0.05, 0) is 30.9 Å². The molecule has 0 spiro atoms. The summed E-state index contributed by atoms with van der Waals surface area (Å²) in [7, 11) is 0. The molecule has 0 amide bonds. The number of nitrogens with zero attached hydrogens (tertiary/aromatic N) is 1. The maximum atomic E-state index is 12.4. The van der Waals surface area contributed by atoms with Crippen LogP contribution >= 0.6 is 0 Å². The van der Waals surface area contributed by atoms with E-state index in [9.17, 15) is 9.90 Å². The van der Waals surface area contributed by atoms with Crippen molar-refractivity contribution in [2.24, 2.45) is 0 Å². The highest BCUT2D eigenvalue weighted by Crippen LogP contribution is 2.18. The summed E-state index contributed by atoms with van der Waals surface area (Å²) in [5.74, 6) is 0.643. The molecule has 1 heterocycles. The first-order chi connectivity index (χ1) is 10.1. The minimum Gasteiger partial charge on any atom is -0.395 e. The Kier molecular flexibility index (Phi) is 5.95. The topological polar surface area (TPSA) is 40.5 Å². The third-order valence-electron chi connectivity index (χ3n) is 4.46. The zero-order valence-electron chi connectivity index (χ0n) is 13.2. The number of rotatable bonds is 5. The van der Waals surface area contributed by atoms with Gasteiger partial charge in [0, 0.05) is 11.6 Å². The van der Waals surface area contributed by atoms with Crippen molar-refractivity contribution in [3.63, 3.8) is 0 Å². The Bertz CT molecular complexity index is 453. The molecule has 1 atom stereocenters. The first-order valence-electron chi connectivity index (χ1n) is 8.10. The van der Waals surface area contributed by atoms with Crippen LogP contribution in [-0.2, 0) is 0 Å². The van der Waals surface area contributed by atoms with Gasteiger partial charge in [0.25, 0.3) is 0 Å². The number of aliphatic hydroxyl groups excluding tert-OH is 1. The number of hydrogen-bond donors (Lipinski definition) is 1. The van der Waals surface area contributed by atoms with E-state index in [4.69, 9.17) is 0 Å². The Balaban J connectivity index is 2.02. The van der Waals surface area contributed by atoms with Crippen molar-refractivity contribution in [3.8, 4) is 0 Å². The Morgan fingerprint density at radius 2 is 1.95 bits per heavy atom. The summed E-state index contributed by atoms with van der Waals surface area (Å²) in [5.41, 5.74) is 2.04. The molecule has 0 radical (unpaired) electrons. The van der Waals surface area contributed by atoms with Gasteiger partial charge >= 0.3 is 0 Å². The van der Waals surface area contributed by atoms with Crippen molar-refractivity contribution in [3.05, 3.63) is 35.4 Å². The molecule has 1 fully saturated rings. The highest BCUT2D eigenvalue weighted by Gasteiger charge is 2.22. The maximum Gasteiger partial charge on any atom is 0.176 e. The molecule has 21 heavy (non-hydrogen) atoms. The van der Waals surface area contributed by atoms with Gasteiger partial charge in [-0.25, -0.2) is 0 Å². The number of carbonyl (C=O) groups is 1. The smallest absolute Gasteiger partial charge is 0.176 e. The van der Waals surface area contributed by atoms with Crippen LogP contribution in [0.2, 0.25) is 0 Å². The molecule has 2 rings (SSSR count). The van der Waals surface area contributed by atoms with E-state index >= 15 is 0 Å². The lowest BCUT2D eigenvalue weighted by molar-refractivity contribution is 0.0826. The van der Waals surface area contributed by atoms with Crippen molar-refractivity contribution >= 4 is 5.78 Å². The standard InChI is InChI=1S/C18H27NO2/c1-14(2)15-7-9-16(10-8-15)18(21)12-19-11-5-3-4-6-17(19)13-20/h7-10,14,17,20H,3-6,11-13H2,1-2H3. The van der Waals surface area contributed by atoms with Gasteiger partial charge in [0.1, 0.15) is 0 Å². The summed E-state index contributed by atoms with van der Waals surface area (Å²) >= 11 is 0. The van der Waals surface area contributed by atoms with E-state index in [0.717, 1.165) is 31.4 Å². The van der Waals surface area contributed by atoms with Crippen molar-refractivity contribution in [2.45, 2.75) is 51.5 Å². The van der Waals surface area contributed by atoms with Crippen molar-refractivity contribution in [1.29, 1.82) is 0 Å². The van der Waals surface area contributed by atoms with Crippen LogP contribution in [0, 0.1) is 0 Å². The fourth-order valence-corrected chi connectivity index (χ4v) is 2.98. The molecule has 1 aliphatic heterocycles. The molecule has 0 aromatic heterocycles. The fourth-order valence-electron chi connectivity index (χ4n) is 2.98. The Labute approximate surface area is 128 Å². The average Bonchev–Trinajstić information content (AvgIpc) is 2.72. The first kappa shape index (κ1) is 16.2. The summed E-state index contributed by atoms with van der Waals surface area (Å²) in [6.45, 7) is 5.80. The molecule has 1 aromatic rings. The van der Waals surface area contributed by atoms with Gasteiger partial charge in [0.2, 0.25) is 0 Å². The molecule has 1 aliphatic rings. The molecule has 3 nitrogen and oxygen atoms in total. The number of hydrogen-bond acceptors (Lipinski definition) is 3. The maximum absolute atomic E-state index is 12.4. The van der Waals surface area contributed by atoms with Gasteiger partial charge in [-0.1, -0.05) is 51.0 Å². The van der Waals surface area contributed by atoms with Crippen LogP contribution in [0.4, 0.5) is 0 Å². The second-order valence-electron chi connectivity index (χ2n) is 6.36. The number of likely N-dealkylation sites (tertiary alicyclic amines) is 1. The normalized spacial score (nSPS) is 20.5. The van der Waals surface area contributed by atoms with E-state index in [0.29, 0.717) is 12.5 Å². The van der Waals surface area contributed by atoms with Crippen LogP contribution in [-0.4, -0.2) is 41.5 Å². The zero-order valence-corrected chi connectivity index (χ0v) is 13.2. The summed E-state index contributed by atoms with van der Waals surface area (Å²) in [6.07, 6.45) is 4.47. The monoisotopic (exact) mass is 289 g/mol. The Morgan fingerprint density at radius 1 is 1.24 bits per heavy atom. The van der Waals surface area contributed by atoms with Gasteiger partial charge in [0.15, 0.2) is 5.78 Å². The van der Waals surface area contributed by atoms with Gasteiger partial charge < -0.3 is 5.11 Å². The highest BCUT2D eigenvalue weighted by atomic mass is 16.3. The van der Waals surface area contributed by atoms with E-state index in [1.54, 1.807) is 0 Å². The highest BCUT2D eigenvalue weighted by molar-refractivity contribution is 5.97. The van der Waals surface area contributed by atoms with Crippen molar-refractivity contribution in [1.82, 2.24) is 4.90 Å². The van der Waals surface area contributed by atoms with Gasteiger partial charge in [0.05, 0.1) is 13.2 Å². The molecule has 116 valence electrons. The lowest BCUT2D eigenvalue weighted by Crippen LogP contribution is -2.40. The molecule has 1 saturated heterocycles. The third-order valence-corrected chi connectivity index (χ3v) is 4.46. The van der Waals surface area contributed by atoms with Crippen molar-refractivity contribution in [2.75, 3.05) is 19.7 Å². The Hall–Kier alpha value is -1.19. The summed E-state index contributed by atoms with van der Waals surface area (Å²) in [4.78, 5) is 14.6. The van der Waals surface area contributed by atoms with E-state index in [1.807, 2.05) is 24.3 Å². The van der Waals surface area contributed by atoms with E-state index < -0.39 is 0 Å². The lowest BCUT2D eigenvalue weighted by Gasteiger charge is -2.27. The number of carbonyl (C=O) groups excluding carboxylic acids is 1. The number of ketones is 1. The zero-order chi connectivity index (χ0) is 15.2. The summed E-state index contributed by atoms with van der Waals surface area (Å²) in [5, 5.41) is 9.51. The third kappa shape index (κ3) is 4.39. The minimum absolute atomic E-state index is 0.145. The molecule has 1 unspecified atom stereocenters. The van der Waals surface area contributed by atoms with Crippen LogP contribution in [0.25, 0.3) is 0 Å². The van der Waals surface area contributed by atoms with Gasteiger partial charge in [-0.3, -0.25) is 9.69 Å². The minimum atomic E-state index is 0.145. The van der Waals surface area contributed by atoms with Gasteiger partial charge in [-0.2, -0.15) is 0 Å². The van der Waals surface area contributed by atoms with E-state index in [1.165, 1.54) is 12.0 Å². The fraction of sp³-hybridized carbons (Fsp3) is 0.611. The molecule has 0 aliphatic carbocycles. The van der Waals surface area contributed by atoms with E-state index in [2.05, 4.69) is 18.7 Å². The van der Waals surface area contributed by atoms with Crippen LogP contribution in [0.15, 0.2) is 24.3 Å². The quantitative estimate of drug-likeness (QED) is 0.846. The number of Topliss-reactive ketones (excluding diaryl/α,β-unsaturated/α-hetero) is 1. The Morgan fingerprint density at radius 3 is 2.57 bits per heavy atom. The SMILES string of the molecule is CC(C)c1ccc(C(=O)CN2CCCCCC2CO)cc1. The largest absolute Gasteiger partial charge is 0.395 e. The van der Waals surface area contributed by atoms with E-state index in [-0.39, 0.29) is 18.4 Å². The van der Waals surface area contributed by atoms with Crippen LogP contribution in [0.3, 0.4) is 0 Å². The predicted octanol–water partition coefficient (Wildman–Crippen LogP) is 3.23. The summed E-state index contributed by atoms with van der Waals surface area (Å²) < 4.78 is 0. The second-order valence-corrected chi connectivity index (χ2v) is 6.36. The van der Waals surface area contributed by atoms with Crippen LogP contribution in [0.1, 0.15) is 61.4 Å².